The summed E-state index contributed by atoms with van der Waals surface area (Å²) in [6.07, 6.45) is 0. The van der Waals surface area contributed by atoms with Gasteiger partial charge in [0.25, 0.3) is 5.91 Å². The van der Waals surface area contributed by atoms with Gasteiger partial charge in [0.1, 0.15) is 0 Å². The molecule has 1 saturated heterocycles. The topological polar surface area (TPSA) is 55.6 Å². The average molecular weight is 394 g/mol. The summed E-state index contributed by atoms with van der Waals surface area (Å²) in [7, 11) is 0. The summed E-state index contributed by atoms with van der Waals surface area (Å²) < 4.78 is 11.4. The van der Waals surface area contributed by atoms with Crippen LogP contribution in [0.1, 0.15) is 21.6 Å². The number of aromatic nitrogens is 1. The van der Waals surface area contributed by atoms with Crippen LogP contribution in [0, 0.1) is 13.8 Å². The molecule has 1 aliphatic heterocycles. The number of aryl methyl sites for hydroxylation is 2. The highest BCUT2D eigenvalue weighted by atomic mass is 32.2. The Kier molecular flexibility index (Phi) is 5.50. The van der Waals surface area contributed by atoms with Crippen molar-refractivity contribution in [2.75, 3.05) is 26.3 Å². The minimum absolute atomic E-state index is 0.111. The predicted molar refractivity (Wildman–Crippen MR) is 109 cm³/mol. The van der Waals surface area contributed by atoms with Crippen LogP contribution in [0.3, 0.4) is 0 Å². The van der Waals surface area contributed by atoms with E-state index in [-0.39, 0.29) is 5.91 Å². The lowest BCUT2D eigenvalue weighted by Gasteiger charge is -2.26. The van der Waals surface area contributed by atoms with Gasteiger partial charge >= 0.3 is 0 Å². The third-order valence-electron chi connectivity index (χ3n) is 4.63. The zero-order valence-electron chi connectivity index (χ0n) is 16.0. The third kappa shape index (κ3) is 4.13. The van der Waals surface area contributed by atoms with Gasteiger partial charge in [-0.25, -0.2) is 4.98 Å². The number of amides is 1. The molecule has 0 saturated carbocycles. The van der Waals surface area contributed by atoms with Crippen molar-refractivity contribution in [3.05, 3.63) is 65.4 Å². The predicted octanol–water partition coefficient (Wildman–Crippen LogP) is 4.58. The number of ether oxygens (including phenoxy) is 1. The van der Waals surface area contributed by atoms with Crippen molar-refractivity contribution >= 4 is 17.7 Å². The van der Waals surface area contributed by atoms with Crippen LogP contribution in [0.5, 0.6) is 0 Å². The van der Waals surface area contributed by atoms with Gasteiger partial charge in [0.2, 0.25) is 5.89 Å². The van der Waals surface area contributed by atoms with E-state index in [9.17, 15) is 4.79 Å². The summed E-state index contributed by atoms with van der Waals surface area (Å²) >= 11 is 1.43. The van der Waals surface area contributed by atoms with Crippen LogP contribution in [0.4, 0.5) is 0 Å². The molecule has 0 bridgehead atoms. The second kappa shape index (κ2) is 8.20. The summed E-state index contributed by atoms with van der Waals surface area (Å²) in [5.74, 6) is 0.353. The number of morpholine rings is 1. The van der Waals surface area contributed by atoms with Crippen LogP contribution in [-0.2, 0) is 4.74 Å². The first-order valence-corrected chi connectivity index (χ1v) is 10.1. The third-order valence-corrected chi connectivity index (χ3v) is 5.60. The van der Waals surface area contributed by atoms with Gasteiger partial charge in [-0.2, -0.15) is 0 Å². The second-order valence-electron chi connectivity index (χ2n) is 6.84. The van der Waals surface area contributed by atoms with E-state index in [4.69, 9.17) is 9.15 Å². The Hall–Kier alpha value is -2.57. The van der Waals surface area contributed by atoms with Crippen molar-refractivity contribution in [3.63, 3.8) is 0 Å². The van der Waals surface area contributed by atoms with E-state index < -0.39 is 0 Å². The molecule has 0 aliphatic carbocycles. The standard InChI is InChI=1S/C22H22N2O3S/c1-15-3-7-17(8-4-15)20-23-19(21(25)24-11-13-26-14-12-24)22(27-20)28-18-9-5-16(2)6-10-18/h3-10H,11-14H2,1-2H3. The summed E-state index contributed by atoms with van der Waals surface area (Å²) in [6, 6.07) is 16.1. The number of carbonyl (C=O) groups excluding carboxylic acids is 1. The molecule has 0 N–H and O–H groups in total. The Morgan fingerprint density at radius 2 is 1.57 bits per heavy atom. The number of carbonyl (C=O) groups is 1. The van der Waals surface area contributed by atoms with Gasteiger partial charge in [-0.1, -0.05) is 35.4 Å². The van der Waals surface area contributed by atoms with Crippen LogP contribution >= 0.6 is 11.8 Å². The number of rotatable bonds is 4. The lowest BCUT2D eigenvalue weighted by molar-refractivity contribution is 0.0295. The van der Waals surface area contributed by atoms with Crippen LogP contribution < -0.4 is 0 Å². The quantitative estimate of drug-likeness (QED) is 0.648. The molecule has 0 spiro atoms. The van der Waals surface area contributed by atoms with Crippen LogP contribution in [-0.4, -0.2) is 42.1 Å². The van der Waals surface area contributed by atoms with E-state index in [1.54, 1.807) is 4.90 Å². The maximum Gasteiger partial charge on any atom is 0.277 e. The molecule has 0 unspecified atom stereocenters. The van der Waals surface area contributed by atoms with Gasteiger partial charge in [-0.15, -0.1) is 0 Å². The smallest absolute Gasteiger partial charge is 0.277 e. The SMILES string of the molecule is Cc1ccc(Sc2oc(-c3ccc(C)cc3)nc2C(=O)N2CCOCC2)cc1. The number of benzene rings is 2. The Balaban J connectivity index is 1.69. The summed E-state index contributed by atoms with van der Waals surface area (Å²) in [6.45, 7) is 6.32. The van der Waals surface area contributed by atoms with Gasteiger partial charge in [0.05, 0.1) is 13.2 Å². The normalized spacial score (nSPS) is 14.3. The second-order valence-corrected chi connectivity index (χ2v) is 7.89. The molecule has 2 heterocycles. The zero-order chi connectivity index (χ0) is 19.5. The molecule has 0 atom stereocenters. The Morgan fingerprint density at radius 1 is 0.964 bits per heavy atom. The Labute approximate surface area is 168 Å². The van der Waals surface area contributed by atoms with E-state index in [1.165, 1.54) is 17.3 Å². The Bertz CT molecular complexity index is 958. The molecular formula is C22H22N2O3S. The fourth-order valence-electron chi connectivity index (χ4n) is 2.96. The first kappa shape index (κ1) is 18.8. The summed E-state index contributed by atoms with van der Waals surface area (Å²) in [5, 5.41) is 0.524. The van der Waals surface area contributed by atoms with Crippen molar-refractivity contribution in [1.82, 2.24) is 9.88 Å². The van der Waals surface area contributed by atoms with Gasteiger partial charge in [0, 0.05) is 23.5 Å². The monoisotopic (exact) mass is 394 g/mol. The largest absolute Gasteiger partial charge is 0.429 e. The lowest BCUT2D eigenvalue weighted by Crippen LogP contribution is -2.41. The van der Waals surface area contributed by atoms with Crippen molar-refractivity contribution in [1.29, 1.82) is 0 Å². The summed E-state index contributed by atoms with van der Waals surface area (Å²) in [4.78, 5) is 20.5. The number of oxazole rings is 1. The number of nitrogens with zero attached hydrogens (tertiary/aromatic N) is 2. The van der Waals surface area contributed by atoms with Crippen molar-refractivity contribution in [2.24, 2.45) is 0 Å². The fraction of sp³-hybridized carbons (Fsp3) is 0.273. The maximum absolute atomic E-state index is 13.1. The van der Waals surface area contributed by atoms with Crippen molar-refractivity contribution < 1.29 is 13.9 Å². The molecule has 6 heteroatoms. The lowest BCUT2D eigenvalue weighted by atomic mass is 10.1. The molecule has 1 aromatic heterocycles. The zero-order valence-corrected chi connectivity index (χ0v) is 16.8. The molecule has 1 amide bonds. The Morgan fingerprint density at radius 3 is 2.21 bits per heavy atom. The molecule has 144 valence electrons. The molecule has 1 aliphatic rings. The van der Waals surface area contributed by atoms with Crippen LogP contribution in [0.15, 0.2) is 62.9 Å². The molecule has 1 fully saturated rings. The van der Waals surface area contributed by atoms with E-state index in [1.807, 2.05) is 62.4 Å². The highest BCUT2D eigenvalue weighted by Gasteiger charge is 2.27. The molecule has 3 aromatic rings. The van der Waals surface area contributed by atoms with Gasteiger partial charge in [-0.3, -0.25) is 4.79 Å². The van der Waals surface area contributed by atoms with E-state index >= 15 is 0 Å². The van der Waals surface area contributed by atoms with Crippen LogP contribution in [0.2, 0.25) is 0 Å². The van der Waals surface area contributed by atoms with E-state index in [0.29, 0.717) is 43.0 Å². The van der Waals surface area contributed by atoms with E-state index in [2.05, 4.69) is 4.98 Å². The van der Waals surface area contributed by atoms with Crippen LogP contribution in [0.25, 0.3) is 11.5 Å². The minimum atomic E-state index is -0.111. The number of hydrogen-bond donors (Lipinski definition) is 0. The van der Waals surface area contributed by atoms with Gasteiger partial charge in [-0.05, 0) is 49.9 Å². The highest BCUT2D eigenvalue weighted by molar-refractivity contribution is 7.99. The number of hydrogen-bond acceptors (Lipinski definition) is 5. The fourth-order valence-corrected chi connectivity index (χ4v) is 3.80. The van der Waals surface area contributed by atoms with Gasteiger partial charge in [0.15, 0.2) is 10.8 Å². The molecule has 5 nitrogen and oxygen atoms in total. The average Bonchev–Trinajstić information content (AvgIpc) is 3.14. The minimum Gasteiger partial charge on any atom is -0.429 e. The van der Waals surface area contributed by atoms with E-state index in [0.717, 1.165) is 16.0 Å². The first-order chi connectivity index (χ1) is 13.6. The molecule has 28 heavy (non-hydrogen) atoms. The molecular weight excluding hydrogens is 372 g/mol. The maximum atomic E-state index is 13.1. The van der Waals surface area contributed by atoms with Crippen molar-refractivity contribution in [2.45, 2.75) is 23.8 Å². The van der Waals surface area contributed by atoms with Crippen molar-refractivity contribution in [3.8, 4) is 11.5 Å². The molecule has 4 rings (SSSR count). The van der Waals surface area contributed by atoms with Gasteiger partial charge < -0.3 is 14.1 Å². The highest BCUT2D eigenvalue weighted by Crippen LogP contribution is 2.35. The first-order valence-electron chi connectivity index (χ1n) is 9.29. The summed E-state index contributed by atoms with van der Waals surface area (Å²) in [5.41, 5.74) is 3.57. The molecule has 2 aromatic carbocycles. The molecule has 0 radical (unpaired) electrons.